The topological polar surface area (TPSA) is 102 Å². The summed E-state index contributed by atoms with van der Waals surface area (Å²) in [5.74, 6) is 0.225. The third-order valence-corrected chi connectivity index (χ3v) is 7.28. The number of amides is 1. The van der Waals surface area contributed by atoms with Gasteiger partial charge in [0, 0.05) is 5.75 Å². The van der Waals surface area contributed by atoms with Crippen molar-refractivity contribution in [3.05, 3.63) is 47.7 Å². The van der Waals surface area contributed by atoms with Gasteiger partial charge in [-0.05, 0) is 37.6 Å². The molecule has 0 atom stereocenters. The van der Waals surface area contributed by atoms with E-state index in [-0.39, 0.29) is 15.7 Å². The lowest BCUT2D eigenvalue weighted by Crippen LogP contribution is -2.10. The molecule has 0 aliphatic carbocycles. The Balaban J connectivity index is 1.74. The molecule has 0 radical (unpaired) electrons. The van der Waals surface area contributed by atoms with Crippen LogP contribution in [0.4, 0.5) is 5.13 Å². The van der Waals surface area contributed by atoms with Gasteiger partial charge in [-0.2, -0.15) is 0 Å². The molecular weight excluding hydrogens is 406 g/mol. The normalized spacial score (nSPS) is 11.5. The van der Waals surface area contributed by atoms with Crippen LogP contribution in [0, 0.1) is 6.92 Å². The van der Waals surface area contributed by atoms with E-state index in [2.05, 4.69) is 22.4 Å². The Labute approximate surface area is 165 Å². The van der Waals surface area contributed by atoms with E-state index in [1.54, 1.807) is 23.9 Å². The summed E-state index contributed by atoms with van der Waals surface area (Å²) >= 11 is 2.82. The molecular formula is C17H17N3O4S3. The second-order valence-corrected chi connectivity index (χ2v) is 9.81. The van der Waals surface area contributed by atoms with Crippen LogP contribution in [0.3, 0.4) is 0 Å². The molecule has 142 valence electrons. The average Bonchev–Trinajstić information content (AvgIpc) is 3.30. The van der Waals surface area contributed by atoms with Crippen molar-refractivity contribution in [2.24, 2.45) is 0 Å². The Morgan fingerprint density at radius 1 is 1.19 bits per heavy atom. The quantitative estimate of drug-likeness (QED) is 0.452. The molecule has 27 heavy (non-hydrogen) atoms. The summed E-state index contributed by atoms with van der Waals surface area (Å²) in [5, 5.41) is 10.5. The van der Waals surface area contributed by atoms with Crippen LogP contribution in [-0.4, -0.2) is 30.3 Å². The Morgan fingerprint density at radius 3 is 2.63 bits per heavy atom. The van der Waals surface area contributed by atoms with Crippen molar-refractivity contribution in [1.29, 1.82) is 0 Å². The summed E-state index contributed by atoms with van der Waals surface area (Å²) in [7, 11) is -3.82. The summed E-state index contributed by atoms with van der Waals surface area (Å²) in [6.45, 7) is 3.93. The van der Waals surface area contributed by atoms with Crippen molar-refractivity contribution in [1.82, 2.24) is 10.2 Å². The van der Waals surface area contributed by atoms with Gasteiger partial charge in [0.05, 0.1) is 4.90 Å². The van der Waals surface area contributed by atoms with Crippen LogP contribution in [0.1, 0.15) is 29.5 Å². The molecule has 1 N–H and O–H groups in total. The number of anilines is 1. The van der Waals surface area contributed by atoms with Crippen molar-refractivity contribution >= 4 is 44.0 Å². The Kier molecular flexibility index (Phi) is 5.98. The first-order valence-corrected chi connectivity index (χ1v) is 11.4. The standard InChI is InChI=1S/C17H17N3O4S3/c1-3-10-25-17-20-19-16(26-17)18-15(21)13-8-9-14(24-13)27(22,23)12-6-4-11(2)5-7-12/h4-9H,3,10H2,1-2H3,(H,18,19,21). The fourth-order valence-corrected chi connectivity index (χ4v) is 4.93. The van der Waals surface area contributed by atoms with Crippen LogP contribution < -0.4 is 5.32 Å². The van der Waals surface area contributed by atoms with Gasteiger partial charge in [0.25, 0.3) is 5.91 Å². The number of carbonyl (C=O) groups is 1. The van der Waals surface area contributed by atoms with E-state index in [4.69, 9.17) is 4.42 Å². The highest BCUT2D eigenvalue weighted by atomic mass is 32.2. The Morgan fingerprint density at radius 2 is 1.93 bits per heavy atom. The molecule has 2 heterocycles. The molecule has 0 saturated carbocycles. The summed E-state index contributed by atoms with van der Waals surface area (Å²) in [6.07, 6.45) is 1.01. The number of hydrogen-bond donors (Lipinski definition) is 1. The van der Waals surface area contributed by atoms with Gasteiger partial charge in [0.1, 0.15) is 0 Å². The zero-order valence-electron chi connectivity index (χ0n) is 14.6. The minimum atomic E-state index is -3.82. The molecule has 0 unspecified atom stereocenters. The van der Waals surface area contributed by atoms with E-state index in [1.165, 1.54) is 35.6 Å². The lowest BCUT2D eigenvalue weighted by Gasteiger charge is -2.02. The van der Waals surface area contributed by atoms with Gasteiger partial charge in [0.2, 0.25) is 20.1 Å². The number of benzene rings is 1. The molecule has 0 aliphatic heterocycles. The largest absolute Gasteiger partial charge is 0.439 e. The molecule has 7 nitrogen and oxygen atoms in total. The van der Waals surface area contributed by atoms with E-state index >= 15 is 0 Å². The number of nitrogens with one attached hydrogen (secondary N) is 1. The molecule has 3 rings (SSSR count). The van der Waals surface area contributed by atoms with Crippen molar-refractivity contribution in [3.8, 4) is 0 Å². The molecule has 2 aromatic heterocycles. The van der Waals surface area contributed by atoms with Crippen molar-refractivity contribution in [2.45, 2.75) is 34.6 Å². The second kappa shape index (κ2) is 8.24. The van der Waals surface area contributed by atoms with E-state index < -0.39 is 15.7 Å². The molecule has 0 saturated heterocycles. The highest BCUT2D eigenvalue weighted by Crippen LogP contribution is 2.27. The maximum atomic E-state index is 12.6. The summed E-state index contributed by atoms with van der Waals surface area (Å²) in [6, 6.07) is 9.00. The number of aryl methyl sites for hydroxylation is 1. The number of sulfone groups is 1. The average molecular weight is 424 g/mol. The van der Waals surface area contributed by atoms with Gasteiger partial charge in [-0.1, -0.05) is 47.7 Å². The maximum Gasteiger partial charge on any atom is 0.293 e. The third-order valence-electron chi connectivity index (χ3n) is 3.46. The van der Waals surface area contributed by atoms with E-state index in [9.17, 15) is 13.2 Å². The van der Waals surface area contributed by atoms with Crippen LogP contribution >= 0.6 is 23.1 Å². The highest BCUT2D eigenvalue weighted by Gasteiger charge is 2.24. The van der Waals surface area contributed by atoms with Gasteiger partial charge in [-0.25, -0.2) is 8.42 Å². The van der Waals surface area contributed by atoms with E-state index in [1.807, 2.05) is 6.92 Å². The monoisotopic (exact) mass is 423 g/mol. The third kappa shape index (κ3) is 4.57. The Hall–Kier alpha value is -2.17. The number of thioether (sulfide) groups is 1. The molecule has 0 spiro atoms. The molecule has 0 aliphatic rings. The van der Waals surface area contributed by atoms with Gasteiger partial charge in [-0.3, -0.25) is 10.1 Å². The second-order valence-electron chi connectivity index (χ2n) is 5.61. The first kappa shape index (κ1) is 19.6. The minimum Gasteiger partial charge on any atom is -0.439 e. The minimum absolute atomic E-state index is 0.108. The van der Waals surface area contributed by atoms with E-state index in [0.717, 1.165) is 22.1 Å². The SMILES string of the molecule is CCCSc1nnc(NC(=O)c2ccc(S(=O)(=O)c3ccc(C)cc3)o2)s1. The van der Waals surface area contributed by atoms with Crippen LogP contribution in [0.2, 0.25) is 0 Å². The number of nitrogens with zero attached hydrogens (tertiary/aromatic N) is 2. The smallest absolute Gasteiger partial charge is 0.293 e. The van der Waals surface area contributed by atoms with E-state index in [0.29, 0.717) is 5.13 Å². The van der Waals surface area contributed by atoms with Crippen molar-refractivity contribution in [3.63, 3.8) is 0 Å². The lowest BCUT2D eigenvalue weighted by molar-refractivity contribution is 0.0991. The first-order valence-electron chi connectivity index (χ1n) is 8.09. The maximum absolute atomic E-state index is 12.6. The van der Waals surface area contributed by atoms with Crippen LogP contribution in [0.15, 0.2) is 55.1 Å². The van der Waals surface area contributed by atoms with Crippen molar-refractivity contribution < 1.29 is 17.6 Å². The Bertz CT molecular complexity index is 1040. The molecule has 1 aromatic carbocycles. The molecule has 10 heteroatoms. The molecule has 0 bridgehead atoms. The predicted octanol–water partition coefficient (Wildman–Crippen LogP) is 4.03. The van der Waals surface area contributed by atoms with Crippen LogP contribution in [-0.2, 0) is 9.84 Å². The summed E-state index contributed by atoms with van der Waals surface area (Å²) < 4.78 is 31.2. The lowest BCUT2D eigenvalue weighted by atomic mass is 10.2. The van der Waals surface area contributed by atoms with Crippen LogP contribution in [0.5, 0.6) is 0 Å². The first-order chi connectivity index (χ1) is 12.9. The summed E-state index contributed by atoms with van der Waals surface area (Å²) in [4.78, 5) is 12.4. The predicted molar refractivity (Wildman–Crippen MR) is 104 cm³/mol. The van der Waals surface area contributed by atoms with Crippen LogP contribution in [0.25, 0.3) is 0 Å². The fourth-order valence-electron chi connectivity index (χ4n) is 2.09. The number of rotatable bonds is 7. The highest BCUT2D eigenvalue weighted by molar-refractivity contribution is 8.01. The molecule has 0 fully saturated rings. The number of furan rings is 1. The van der Waals surface area contributed by atoms with Gasteiger partial charge >= 0.3 is 0 Å². The van der Waals surface area contributed by atoms with Gasteiger partial charge < -0.3 is 4.42 Å². The zero-order chi connectivity index (χ0) is 19.4. The summed E-state index contributed by atoms with van der Waals surface area (Å²) in [5.41, 5.74) is 0.946. The zero-order valence-corrected chi connectivity index (χ0v) is 17.1. The number of aromatic nitrogens is 2. The van der Waals surface area contributed by atoms with Gasteiger partial charge in [0.15, 0.2) is 10.1 Å². The van der Waals surface area contributed by atoms with Gasteiger partial charge in [-0.15, -0.1) is 10.2 Å². The molecule has 3 aromatic rings. The van der Waals surface area contributed by atoms with Crippen molar-refractivity contribution in [2.75, 3.05) is 11.1 Å². The number of carbonyl (C=O) groups excluding carboxylic acids is 1. The fraction of sp³-hybridized carbons (Fsp3) is 0.235. The number of hydrogen-bond acceptors (Lipinski definition) is 8. The molecule has 1 amide bonds.